The summed E-state index contributed by atoms with van der Waals surface area (Å²) in [5.41, 5.74) is 0.695. The van der Waals surface area contributed by atoms with Gasteiger partial charge in [0.15, 0.2) is 0 Å². The van der Waals surface area contributed by atoms with Gasteiger partial charge in [0.25, 0.3) is 0 Å². The van der Waals surface area contributed by atoms with Crippen LogP contribution in [0.2, 0.25) is 15.1 Å². The highest BCUT2D eigenvalue weighted by Gasteiger charge is 2.55. The summed E-state index contributed by atoms with van der Waals surface area (Å²) in [6, 6.07) is 7.87. The average Bonchev–Trinajstić information content (AvgIpc) is 3.74. The monoisotopic (exact) mass is 662 g/mol. The number of carbonyl (C=O) groups excluding carboxylic acids is 2. The van der Waals surface area contributed by atoms with Crippen LogP contribution in [0.15, 0.2) is 47.4 Å². The highest BCUT2D eigenvalue weighted by atomic mass is 35.5. The van der Waals surface area contributed by atoms with E-state index in [-0.39, 0.29) is 39.9 Å². The lowest BCUT2D eigenvalue weighted by molar-refractivity contribution is -0.168. The number of benzene rings is 2. The molecule has 2 heterocycles. The molecule has 3 atom stereocenters. The Morgan fingerprint density at radius 1 is 0.902 bits per heavy atom. The number of halogens is 3. The molecule has 0 aromatic heterocycles. The molecule has 10 nitrogen and oxygen atoms in total. The number of nitrogens with zero attached hydrogens (tertiary/aromatic N) is 3. The fraction of sp³-hybridized carbons (Fsp3) is 0.462. The van der Waals surface area contributed by atoms with E-state index < -0.39 is 56.0 Å². The molecule has 15 heteroatoms. The molecule has 1 N–H and O–H groups in total. The van der Waals surface area contributed by atoms with E-state index in [1.807, 2.05) is 0 Å². The van der Waals surface area contributed by atoms with Crippen LogP contribution in [0.1, 0.15) is 32.3 Å². The van der Waals surface area contributed by atoms with Gasteiger partial charge >= 0.3 is 0 Å². The molecule has 3 aliphatic rings. The molecule has 0 spiro atoms. The van der Waals surface area contributed by atoms with Crippen molar-refractivity contribution in [3.63, 3.8) is 0 Å². The van der Waals surface area contributed by atoms with Crippen molar-refractivity contribution in [3.8, 4) is 0 Å². The summed E-state index contributed by atoms with van der Waals surface area (Å²) in [5.74, 6) is -1.03. The predicted molar refractivity (Wildman–Crippen MR) is 156 cm³/mol. The summed E-state index contributed by atoms with van der Waals surface area (Å²) in [4.78, 5) is 30.4. The van der Waals surface area contributed by atoms with E-state index in [1.165, 1.54) is 28.0 Å². The van der Waals surface area contributed by atoms with Crippen molar-refractivity contribution in [2.75, 3.05) is 13.1 Å². The van der Waals surface area contributed by atoms with Crippen LogP contribution in [0.25, 0.3) is 0 Å². The van der Waals surface area contributed by atoms with E-state index in [2.05, 4.69) is 4.72 Å². The third kappa shape index (κ3) is 5.97. The first-order chi connectivity index (χ1) is 19.2. The van der Waals surface area contributed by atoms with Crippen LogP contribution in [0.5, 0.6) is 0 Å². The standard InChI is InChI=1S/C26H29Cl3N4O6S2/c1-15(2)31-14-24-32(41(38,39)23-10-7-18(28)12-20(23)29)13-21(30-40(36,37)19-8-9-19)25(34)33(24)22(26(31)35)11-16-3-5-17(27)6-4-16/h3-7,10,12,15,19,21-22,24,30H,8-9,11,13-14H2,1-2H3. The second-order valence-electron chi connectivity index (χ2n) is 10.7. The fourth-order valence-corrected chi connectivity index (χ4v) is 9.27. The SMILES string of the molecule is CC(C)N1CC2N(C(=O)C(NS(=O)(=O)C3CC3)CN2S(=O)(=O)c2ccc(Cl)cc2Cl)C(Cc2ccc(Cl)cc2)C1=O. The number of carbonyl (C=O) groups is 2. The summed E-state index contributed by atoms with van der Waals surface area (Å²) in [6.07, 6.45) is -0.143. The first kappa shape index (κ1) is 30.5. The van der Waals surface area contributed by atoms with Gasteiger partial charge in [-0.25, -0.2) is 21.6 Å². The first-order valence-corrected chi connectivity index (χ1v) is 17.2. The molecule has 2 amide bonds. The Kier molecular flexibility index (Phi) is 8.41. The van der Waals surface area contributed by atoms with Gasteiger partial charge in [-0.1, -0.05) is 46.9 Å². The molecule has 3 fully saturated rings. The number of rotatable bonds is 8. The van der Waals surface area contributed by atoms with Crippen molar-refractivity contribution in [2.24, 2.45) is 0 Å². The van der Waals surface area contributed by atoms with Gasteiger partial charge in [-0.05, 0) is 62.6 Å². The minimum absolute atomic E-state index is 0.0686. The molecule has 2 saturated heterocycles. The second-order valence-corrected chi connectivity index (χ2v) is 15.9. The summed E-state index contributed by atoms with van der Waals surface area (Å²) in [6.45, 7) is 3.03. The Morgan fingerprint density at radius 2 is 1.54 bits per heavy atom. The quantitative estimate of drug-likeness (QED) is 0.463. The maximum absolute atomic E-state index is 14.2. The van der Waals surface area contributed by atoms with E-state index >= 15 is 0 Å². The van der Waals surface area contributed by atoms with Crippen molar-refractivity contribution >= 4 is 66.7 Å². The number of hydrogen-bond acceptors (Lipinski definition) is 6. The summed E-state index contributed by atoms with van der Waals surface area (Å²) < 4.78 is 57.7. The number of nitrogens with one attached hydrogen (secondary N) is 1. The zero-order chi connectivity index (χ0) is 29.9. The van der Waals surface area contributed by atoms with E-state index in [0.717, 1.165) is 4.31 Å². The van der Waals surface area contributed by atoms with Gasteiger partial charge in [-0.15, -0.1) is 0 Å². The third-order valence-electron chi connectivity index (χ3n) is 7.55. The second kappa shape index (κ2) is 11.3. The smallest absolute Gasteiger partial charge is 0.246 e. The van der Waals surface area contributed by atoms with Crippen LogP contribution >= 0.6 is 34.8 Å². The maximum atomic E-state index is 14.2. The van der Waals surface area contributed by atoms with Gasteiger partial charge in [-0.2, -0.15) is 4.31 Å². The average molecular weight is 664 g/mol. The number of sulfonamides is 2. The number of hydrogen-bond donors (Lipinski definition) is 1. The van der Waals surface area contributed by atoms with Crippen molar-refractivity contribution in [1.82, 2.24) is 18.8 Å². The van der Waals surface area contributed by atoms with E-state index in [1.54, 1.807) is 38.1 Å². The lowest BCUT2D eigenvalue weighted by atomic mass is 9.96. The highest BCUT2D eigenvalue weighted by molar-refractivity contribution is 7.90. The van der Waals surface area contributed by atoms with Crippen LogP contribution in [-0.2, 0) is 36.1 Å². The van der Waals surface area contributed by atoms with Crippen molar-refractivity contribution in [2.45, 2.75) is 67.5 Å². The van der Waals surface area contributed by atoms with Gasteiger partial charge in [0, 0.05) is 29.1 Å². The molecule has 2 aromatic rings. The number of piperazine rings is 1. The summed E-state index contributed by atoms with van der Waals surface area (Å²) in [5, 5.41) is -0.0442. The molecule has 2 aromatic carbocycles. The van der Waals surface area contributed by atoms with Crippen LogP contribution in [0.4, 0.5) is 0 Å². The van der Waals surface area contributed by atoms with Gasteiger partial charge < -0.3 is 9.80 Å². The molecule has 0 bridgehead atoms. The molecule has 0 radical (unpaired) electrons. The lowest BCUT2D eigenvalue weighted by Crippen LogP contribution is -2.76. The molecule has 2 aliphatic heterocycles. The number of amides is 2. The summed E-state index contributed by atoms with van der Waals surface area (Å²) >= 11 is 18.4. The Labute approximate surface area is 254 Å². The largest absolute Gasteiger partial charge is 0.335 e. The molecular weight excluding hydrogens is 635 g/mol. The molecule has 41 heavy (non-hydrogen) atoms. The van der Waals surface area contributed by atoms with Crippen molar-refractivity contribution < 1.29 is 26.4 Å². The van der Waals surface area contributed by atoms with E-state index in [4.69, 9.17) is 34.8 Å². The van der Waals surface area contributed by atoms with E-state index in [9.17, 15) is 26.4 Å². The Balaban J connectivity index is 1.62. The Morgan fingerprint density at radius 3 is 2.12 bits per heavy atom. The minimum atomic E-state index is -4.41. The maximum Gasteiger partial charge on any atom is 0.246 e. The van der Waals surface area contributed by atoms with Gasteiger partial charge in [0.1, 0.15) is 23.1 Å². The normalized spacial score (nSPS) is 24.2. The van der Waals surface area contributed by atoms with Gasteiger partial charge in [-0.3, -0.25) is 9.59 Å². The van der Waals surface area contributed by atoms with Crippen molar-refractivity contribution in [3.05, 3.63) is 63.1 Å². The third-order valence-corrected chi connectivity index (χ3v) is 12.3. The zero-order valence-corrected chi connectivity index (χ0v) is 26.1. The van der Waals surface area contributed by atoms with Crippen LogP contribution in [0.3, 0.4) is 0 Å². The van der Waals surface area contributed by atoms with Gasteiger partial charge in [0.2, 0.25) is 31.9 Å². The van der Waals surface area contributed by atoms with Crippen LogP contribution in [-0.4, -0.2) is 85.4 Å². The molecule has 1 aliphatic carbocycles. The minimum Gasteiger partial charge on any atom is -0.335 e. The molecule has 1 saturated carbocycles. The first-order valence-electron chi connectivity index (χ1n) is 13.1. The molecular formula is C26H29Cl3N4O6S2. The van der Waals surface area contributed by atoms with Crippen LogP contribution in [0, 0.1) is 0 Å². The molecule has 222 valence electrons. The fourth-order valence-electron chi connectivity index (χ4n) is 5.29. The predicted octanol–water partition coefficient (Wildman–Crippen LogP) is 3.12. The summed E-state index contributed by atoms with van der Waals surface area (Å²) in [7, 11) is -8.30. The van der Waals surface area contributed by atoms with Gasteiger partial charge in [0.05, 0.1) is 16.8 Å². The highest BCUT2D eigenvalue weighted by Crippen LogP contribution is 2.36. The topological polar surface area (TPSA) is 124 Å². The van der Waals surface area contributed by atoms with Crippen LogP contribution < -0.4 is 4.72 Å². The molecule has 3 unspecified atom stereocenters. The van der Waals surface area contributed by atoms with Crippen molar-refractivity contribution in [1.29, 1.82) is 0 Å². The lowest BCUT2D eigenvalue weighted by Gasteiger charge is -2.54. The Bertz CT molecular complexity index is 1580. The van der Waals surface area contributed by atoms with E-state index in [0.29, 0.717) is 23.4 Å². The molecule has 5 rings (SSSR count). The zero-order valence-electron chi connectivity index (χ0n) is 22.2. The number of fused-ring (bicyclic) bond motifs is 1. The Hall–Kier alpha value is -1.93.